The van der Waals surface area contributed by atoms with Gasteiger partial charge in [-0.15, -0.1) is 0 Å². The second-order valence-corrected chi connectivity index (χ2v) is 12.9. The van der Waals surface area contributed by atoms with Crippen LogP contribution in [-0.4, -0.2) is 39.4 Å². The third kappa shape index (κ3) is 7.75. The number of hydrogen-bond donors (Lipinski definition) is 5. The number of imidazole rings is 1. The largest absolute Gasteiger partial charge is 0.350 e. The molecule has 4 aromatic carbocycles. The lowest BCUT2D eigenvalue weighted by Gasteiger charge is -2.25. The molecule has 1 aliphatic rings. The van der Waals surface area contributed by atoms with Crippen LogP contribution in [0.25, 0.3) is 21.5 Å². The average molecular weight is 666 g/mol. The molecule has 2 heterocycles. The van der Waals surface area contributed by atoms with Gasteiger partial charge in [-0.25, -0.2) is 4.98 Å². The molecule has 7 rings (SSSR count). The summed E-state index contributed by atoms with van der Waals surface area (Å²) in [7, 11) is 0. The van der Waals surface area contributed by atoms with Crippen LogP contribution >= 0.6 is 0 Å². The molecule has 1 aliphatic carbocycles. The lowest BCUT2D eigenvalue weighted by molar-refractivity contribution is -0.123. The number of amides is 2. The Morgan fingerprint density at radius 2 is 1.62 bits per heavy atom. The van der Waals surface area contributed by atoms with Crippen LogP contribution in [0.4, 0.5) is 0 Å². The molecule has 0 radical (unpaired) electrons. The predicted molar refractivity (Wildman–Crippen MR) is 197 cm³/mol. The Balaban J connectivity index is 1.05. The second kappa shape index (κ2) is 15.9. The van der Waals surface area contributed by atoms with Gasteiger partial charge < -0.3 is 26.3 Å². The highest BCUT2D eigenvalue weighted by Gasteiger charge is 2.24. The zero-order valence-corrected chi connectivity index (χ0v) is 28.1. The summed E-state index contributed by atoms with van der Waals surface area (Å²) in [6.45, 7) is 2.32. The topological polar surface area (TPSA) is 124 Å². The maximum Gasteiger partial charge on any atom is 0.252 e. The SMILES string of the molecule is O=C(N[C@@H](CCCNC1CCCc2cccnc21)C(=O)NCc1cccc2ccccc12)c1ccc(CNCc2ncc[nH]2)c2ccccc12. The van der Waals surface area contributed by atoms with Gasteiger partial charge in [0.2, 0.25) is 5.91 Å². The van der Waals surface area contributed by atoms with Crippen LogP contribution in [0, 0.1) is 0 Å². The Morgan fingerprint density at radius 1 is 0.800 bits per heavy atom. The number of H-pyrrole nitrogens is 1. The van der Waals surface area contributed by atoms with Gasteiger partial charge in [0.15, 0.2) is 0 Å². The van der Waals surface area contributed by atoms with Gasteiger partial charge in [-0.1, -0.05) is 78.9 Å². The summed E-state index contributed by atoms with van der Waals surface area (Å²) >= 11 is 0. The maximum atomic E-state index is 14.0. The van der Waals surface area contributed by atoms with E-state index in [4.69, 9.17) is 0 Å². The number of carbonyl (C=O) groups excluding carboxylic acids is 2. The van der Waals surface area contributed by atoms with Crippen LogP contribution in [0.1, 0.15) is 70.3 Å². The van der Waals surface area contributed by atoms with Crippen molar-refractivity contribution in [2.45, 2.75) is 63.8 Å². The standard InChI is InChI=1S/C41H43N7O2/c49-40(35-20-19-31(33-15-3-4-16-34(33)35)25-42-27-38-44-23-24-45-38)48-37(18-8-21-43-36-17-6-11-29-13-7-22-46-39(29)36)41(50)47-26-30-12-5-10-28-9-1-2-14-32(28)30/h1-5,7,9-10,12-16,19-20,22-24,36-37,42-43H,6,8,11,17-18,21,25-27H2,(H,44,45)(H,47,50)(H,48,49)/t36?,37-/m0/s1. The Kier molecular flexibility index (Phi) is 10.5. The zero-order chi connectivity index (χ0) is 34.1. The quantitative estimate of drug-likeness (QED) is 0.0876. The first-order chi connectivity index (χ1) is 24.6. The Labute approximate surface area is 292 Å². The Bertz CT molecular complexity index is 2070. The molecule has 0 aliphatic heterocycles. The van der Waals surface area contributed by atoms with Crippen molar-refractivity contribution >= 4 is 33.4 Å². The van der Waals surface area contributed by atoms with Crippen molar-refractivity contribution in [3.63, 3.8) is 0 Å². The Morgan fingerprint density at radius 3 is 2.50 bits per heavy atom. The van der Waals surface area contributed by atoms with Crippen LogP contribution in [-0.2, 0) is 30.8 Å². The minimum absolute atomic E-state index is 0.195. The van der Waals surface area contributed by atoms with Gasteiger partial charge in [-0.05, 0) is 89.0 Å². The highest BCUT2D eigenvalue weighted by Crippen LogP contribution is 2.28. The molecule has 2 aromatic heterocycles. The summed E-state index contributed by atoms with van der Waals surface area (Å²) in [4.78, 5) is 39.9. The first-order valence-electron chi connectivity index (χ1n) is 17.6. The van der Waals surface area contributed by atoms with E-state index in [-0.39, 0.29) is 17.9 Å². The van der Waals surface area contributed by atoms with E-state index < -0.39 is 6.04 Å². The summed E-state index contributed by atoms with van der Waals surface area (Å²) in [5.74, 6) is 0.407. The molecule has 0 bridgehead atoms. The van der Waals surface area contributed by atoms with E-state index >= 15 is 0 Å². The molecular formula is C41H43N7O2. The van der Waals surface area contributed by atoms with Crippen LogP contribution in [0.15, 0.2) is 110 Å². The van der Waals surface area contributed by atoms with Gasteiger partial charge in [-0.3, -0.25) is 14.6 Å². The number of fused-ring (bicyclic) bond motifs is 3. The molecule has 6 aromatic rings. The first-order valence-corrected chi connectivity index (χ1v) is 17.6. The third-order valence-electron chi connectivity index (χ3n) is 9.63. The molecule has 50 heavy (non-hydrogen) atoms. The molecule has 9 heteroatoms. The smallest absolute Gasteiger partial charge is 0.252 e. The van der Waals surface area contributed by atoms with Gasteiger partial charge in [-0.2, -0.15) is 0 Å². The summed E-state index contributed by atoms with van der Waals surface area (Å²) in [6, 6.07) is 29.7. The molecule has 2 amide bonds. The molecule has 0 saturated carbocycles. The van der Waals surface area contributed by atoms with E-state index in [1.165, 1.54) is 5.56 Å². The summed E-state index contributed by atoms with van der Waals surface area (Å²) in [5, 5.41) is 17.4. The van der Waals surface area contributed by atoms with Crippen molar-refractivity contribution in [3.05, 3.63) is 143 Å². The number of hydrogen-bond acceptors (Lipinski definition) is 6. The summed E-state index contributed by atoms with van der Waals surface area (Å²) < 4.78 is 0. The average Bonchev–Trinajstić information content (AvgIpc) is 3.68. The van der Waals surface area contributed by atoms with Gasteiger partial charge in [0.05, 0.1) is 12.2 Å². The molecule has 254 valence electrons. The molecular weight excluding hydrogens is 622 g/mol. The number of nitrogens with zero attached hydrogens (tertiary/aromatic N) is 2. The van der Waals surface area contributed by atoms with Gasteiger partial charge >= 0.3 is 0 Å². The summed E-state index contributed by atoms with van der Waals surface area (Å²) in [6.07, 6.45) is 9.83. The monoisotopic (exact) mass is 665 g/mol. The number of nitrogens with one attached hydrogen (secondary N) is 5. The van der Waals surface area contributed by atoms with Crippen LogP contribution in [0.2, 0.25) is 0 Å². The molecule has 9 nitrogen and oxygen atoms in total. The number of pyridine rings is 1. The van der Waals surface area contributed by atoms with Crippen LogP contribution < -0.4 is 21.3 Å². The van der Waals surface area contributed by atoms with Crippen molar-refractivity contribution in [3.8, 4) is 0 Å². The minimum Gasteiger partial charge on any atom is -0.350 e. The first kappa shape index (κ1) is 33.1. The van der Waals surface area contributed by atoms with E-state index in [0.717, 1.165) is 63.5 Å². The van der Waals surface area contributed by atoms with Crippen molar-refractivity contribution in [2.24, 2.45) is 0 Å². The number of rotatable bonds is 14. The second-order valence-electron chi connectivity index (χ2n) is 12.9. The minimum atomic E-state index is -0.704. The van der Waals surface area contributed by atoms with Gasteiger partial charge in [0.25, 0.3) is 5.91 Å². The molecule has 1 unspecified atom stereocenters. The molecule has 0 saturated heterocycles. The molecule has 0 spiro atoms. The highest BCUT2D eigenvalue weighted by molar-refractivity contribution is 6.09. The van der Waals surface area contributed by atoms with Gasteiger partial charge in [0, 0.05) is 43.3 Å². The van der Waals surface area contributed by atoms with E-state index in [2.05, 4.69) is 60.5 Å². The Hall–Kier alpha value is -5.38. The lowest BCUT2D eigenvalue weighted by Crippen LogP contribution is -2.47. The third-order valence-corrected chi connectivity index (χ3v) is 9.63. The number of aromatic nitrogens is 3. The van der Waals surface area contributed by atoms with E-state index in [0.29, 0.717) is 44.6 Å². The fourth-order valence-corrected chi connectivity index (χ4v) is 7.07. The number of aryl methyl sites for hydroxylation is 1. The maximum absolute atomic E-state index is 14.0. The lowest BCUT2D eigenvalue weighted by atomic mass is 9.92. The highest BCUT2D eigenvalue weighted by atomic mass is 16.2. The van der Waals surface area contributed by atoms with Gasteiger partial charge in [0.1, 0.15) is 11.9 Å². The van der Waals surface area contributed by atoms with Crippen molar-refractivity contribution < 1.29 is 9.59 Å². The number of carbonyl (C=O) groups is 2. The van der Waals surface area contributed by atoms with Crippen molar-refractivity contribution in [1.82, 2.24) is 36.2 Å². The predicted octanol–water partition coefficient (Wildman–Crippen LogP) is 6.26. The van der Waals surface area contributed by atoms with E-state index in [9.17, 15) is 9.59 Å². The van der Waals surface area contributed by atoms with Crippen LogP contribution in [0.3, 0.4) is 0 Å². The van der Waals surface area contributed by atoms with E-state index in [1.807, 2.05) is 72.9 Å². The summed E-state index contributed by atoms with van der Waals surface area (Å²) in [5.41, 5.74) is 5.10. The van der Waals surface area contributed by atoms with Crippen molar-refractivity contribution in [2.75, 3.05) is 6.54 Å². The fraction of sp³-hybridized carbons (Fsp3) is 0.268. The van der Waals surface area contributed by atoms with Crippen molar-refractivity contribution in [1.29, 1.82) is 0 Å². The van der Waals surface area contributed by atoms with Crippen LogP contribution in [0.5, 0.6) is 0 Å². The number of benzene rings is 4. The molecule has 0 fully saturated rings. The number of aromatic amines is 1. The fourth-order valence-electron chi connectivity index (χ4n) is 7.07. The molecule has 2 atom stereocenters. The molecule has 5 N–H and O–H groups in total. The normalized spacial score (nSPS) is 14.7. The van der Waals surface area contributed by atoms with E-state index in [1.54, 1.807) is 12.4 Å². The zero-order valence-electron chi connectivity index (χ0n) is 28.1.